The normalized spacial score (nSPS) is 12.2. The van der Waals surface area contributed by atoms with Gasteiger partial charge in [-0.15, -0.1) is 0 Å². The fraction of sp³-hybridized carbons (Fsp3) is 0.300. The maximum Gasteiger partial charge on any atom is 0.232 e. The molecule has 3 heteroatoms. The predicted molar refractivity (Wildman–Crippen MR) is 61.8 cm³/mol. The second-order valence-electron chi connectivity index (χ2n) is 2.82. The molecule has 0 aliphatic rings. The Bertz CT molecular complexity index is 272. The maximum absolute atomic E-state index is 11.2. The van der Waals surface area contributed by atoms with Gasteiger partial charge in [0.1, 0.15) is 0 Å². The molecule has 0 aromatic heterocycles. The van der Waals surface area contributed by atoms with E-state index in [2.05, 4.69) is 27.9 Å². The van der Waals surface area contributed by atoms with E-state index < -0.39 is 0 Å². The van der Waals surface area contributed by atoms with Gasteiger partial charge in [-0.25, -0.2) is 0 Å². The van der Waals surface area contributed by atoms with Crippen LogP contribution in [0.25, 0.3) is 0 Å². The Morgan fingerprint density at radius 2 is 2.08 bits per heavy atom. The summed E-state index contributed by atoms with van der Waals surface area (Å²) in [6.45, 7) is 2.49. The summed E-state index contributed by atoms with van der Waals surface area (Å²) in [4.78, 5) is 11.2. The highest BCUT2D eigenvalue weighted by molar-refractivity contribution is 14.1. The zero-order valence-electron chi connectivity index (χ0n) is 7.46. The molecular weight excluding hydrogens is 277 g/mol. The van der Waals surface area contributed by atoms with Crippen LogP contribution in [-0.4, -0.2) is 9.83 Å². The van der Waals surface area contributed by atoms with Crippen molar-refractivity contribution in [3.63, 3.8) is 0 Å². The quantitative estimate of drug-likeness (QED) is 0.670. The van der Waals surface area contributed by atoms with Gasteiger partial charge in [-0.2, -0.15) is 0 Å². The number of nitrogens with one attached hydrogen (secondary N) is 1. The molecule has 0 fully saturated rings. The summed E-state index contributed by atoms with van der Waals surface area (Å²) in [5.74, 6) is 0.0875. The third-order valence-corrected chi connectivity index (χ3v) is 2.24. The van der Waals surface area contributed by atoms with Crippen molar-refractivity contribution < 1.29 is 4.79 Å². The van der Waals surface area contributed by atoms with Crippen molar-refractivity contribution in [1.82, 2.24) is 5.32 Å². The van der Waals surface area contributed by atoms with Crippen molar-refractivity contribution in [1.29, 1.82) is 0 Å². The Morgan fingerprint density at radius 3 is 2.62 bits per heavy atom. The van der Waals surface area contributed by atoms with Crippen molar-refractivity contribution in [2.45, 2.75) is 17.4 Å². The average molecular weight is 289 g/mol. The molecule has 0 saturated carbocycles. The fourth-order valence-electron chi connectivity index (χ4n) is 0.926. The Labute approximate surface area is 91.9 Å². The van der Waals surface area contributed by atoms with Gasteiger partial charge in [0.25, 0.3) is 0 Å². The lowest BCUT2D eigenvalue weighted by Gasteiger charge is -2.05. The van der Waals surface area contributed by atoms with Crippen LogP contribution in [0.2, 0.25) is 0 Å². The average Bonchev–Trinajstić information content (AvgIpc) is 2.15. The van der Waals surface area contributed by atoms with E-state index in [0.29, 0.717) is 6.54 Å². The van der Waals surface area contributed by atoms with Crippen LogP contribution in [-0.2, 0) is 11.3 Å². The number of rotatable bonds is 3. The highest BCUT2D eigenvalue weighted by Gasteiger charge is 2.06. The van der Waals surface area contributed by atoms with Crippen LogP contribution in [0.3, 0.4) is 0 Å². The molecule has 70 valence electrons. The van der Waals surface area contributed by atoms with E-state index in [1.54, 1.807) is 0 Å². The highest BCUT2D eigenvalue weighted by Crippen LogP contribution is 2.00. The van der Waals surface area contributed by atoms with Crippen molar-refractivity contribution in [2.75, 3.05) is 0 Å². The molecule has 1 N–H and O–H groups in total. The zero-order chi connectivity index (χ0) is 9.68. The Morgan fingerprint density at radius 1 is 1.46 bits per heavy atom. The van der Waals surface area contributed by atoms with E-state index in [4.69, 9.17) is 0 Å². The molecule has 1 atom stereocenters. The largest absolute Gasteiger partial charge is 0.351 e. The molecule has 1 amide bonds. The Hall–Kier alpha value is -0.580. The Kier molecular flexibility index (Phi) is 4.21. The second kappa shape index (κ2) is 5.21. The summed E-state index contributed by atoms with van der Waals surface area (Å²) >= 11 is 2.10. The summed E-state index contributed by atoms with van der Waals surface area (Å²) < 4.78 is 0.0290. The van der Waals surface area contributed by atoms with Gasteiger partial charge in [-0.3, -0.25) is 4.79 Å². The first-order chi connectivity index (χ1) is 6.20. The van der Waals surface area contributed by atoms with Crippen LogP contribution < -0.4 is 5.32 Å². The van der Waals surface area contributed by atoms with Crippen molar-refractivity contribution in [3.8, 4) is 0 Å². The number of alkyl halides is 1. The third kappa shape index (κ3) is 3.76. The van der Waals surface area contributed by atoms with Gasteiger partial charge < -0.3 is 5.32 Å². The zero-order valence-corrected chi connectivity index (χ0v) is 9.61. The molecule has 0 bridgehead atoms. The van der Waals surface area contributed by atoms with Gasteiger partial charge in [0.2, 0.25) is 5.91 Å². The summed E-state index contributed by atoms with van der Waals surface area (Å²) in [6, 6.07) is 9.90. The lowest BCUT2D eigenvalue weighted by atomic mass is 10.2. The Balaban J connectivity index is 2.40. The number of hydrogen-bond acceptors (Lipinski definition) is 1. The molecule has 1 aromatic rings. The number of carbonyl (C=O) groups is 1. The molecule has 1 rings (SSSR count). The second-order valence-corrected chi connectivity index (χ2v) is 4.69. The lowest BCUT2D eigenvalue weighted by Crippen LogP contribution is -2.28. The molecule has 0 aliphatic carbocycles. The van der Waals surface area contributed by atoms with Crippen LogP contribution in [0.15, 0.2) is 30.3 Å². The van der Waals surface area contributed by atoms with Crippen molar-refractivity contribution >= 4 is 28.5 Å². The van der Waals surface area contributed by atoms with E-state index in [9.17, 15) is 4.79 Å². The van der Waals surface area contributed by atoms with Crippen LogP contribution in [0.1, 0.15) is 12.5 Å². The molecule has 0 aliphatic heterocycles. The molecule has 2 nitrogen and oxygen atoms in total. The van der Waals surface area contributed by atoms with Crippen LogP contribution in [0, 0.1) is 0 Å². The summed E-state index contributed by atoms with van der Waals surface area (Å²) in [6.07, 6.45) is 0. The maximum atomic E-state index is 11.2. The smallest absolute Gasteiger partial charge is 0.232 e. The van der Waals surface area contributed by atoms with Gasteiger partial charge in [-0.05, 0) is 12.5 Å². The van der Waals surface area contributed by atoms with Gasteiger partial charge >= 0.3 is 0 Å². The highest BCUT2D eigenvalue weighted by atomic mass is 127. The molecule has 1 aromatic carbocycles. The van der Waals surface area contributed by atoms with Gasteiger partial charge in [0, 0.05) is 6.54 Å². The molecule has 0 spiro atoms. The van der Waals surface area contributed by atoms with Crippen molar-refractivity contribution in [3.05, 3.63) is 35.9 Å². The SMILES string of the molecule is CC(I)C(=O)NCc1ccccc1. The number of carbonyl (C=O) groups excluding carboxylic acids is 1. The molecular formula is C10H12INO. The number of amides is 1. The standard InChI is InChI=1S/C10H12INO/c1-8(11)10(13)12-7-9-5-3-2-4-6-9/h2-6,8H,7H2,1H3,(H,12,13). The summed E-state index contributed by atoms with van der Waals surface area (Å²) in [7, 11) is 0. The van der Waals surface area contributed by atoms with E-state index in [1.165, 1.54) is 0 Å². The lowest BCUT2D eigenvalue weighted by molar-refractivity contribution is -0.120. The van der Waals surface area contributed by atoms with Crippen molar-refractivity contribution in [2.24, 2.45) is 0 Å². The first kappa shape index (κ1) is 10.5. The topological polar surface area (TPSA) is 29.1 Å². The van der Waals surface area contributed by atoms with Crippen LogP contribution in [0.4, 0.5) is 0 Å². The third-order valence-electron chi connectivity index (χ3n) is 1.67. The number of hydrogen-bond donors (Lipinski definition) is 1. The molecule has 0 radical (unpaired) electrons. The van der Waals surface area contributed by atoms with Gasteiger partial charge in [0.05, 0.1) is 3.92 Å². The van der Waals surface area contributed by atoms with Crippen LogP contribution in [0.5, 0.6) is 0 Å². The minimum Gasteiger partial charge on any atom is -0.351 e. The minimum absolute atomic E-state index is 0.0290. The fourth-order valence-corrected chi connectivity index (χ4v) is 1.15. The van der Waals surface area contributed by atoms with Gasteiger partial charge in [0.15, 0.2) is 0 Å². The molecule has 0 saturated heterocycles. The number of benzene rings is 1. The monoisotopic (exact) mass is 289 g/mol. The van der Waals surface area contributed by atoms with Gasteiger partial charge in [-0.1, -0.05) is 52.9 Å². The molecule has 1 unspecified atom stereocenters. The van der Waals surface area contributed by atoms with E-state index in [0.717, 1.165) is 5.56 Å². The van der Waals surface area contributed by atoms with E-state index in [-0.39, 0.29) is 9.83 Å². The first-order valence-corrected chi connectivity index (χ1v) is 5.40. The van der Waals surface area contributed by atoms with Crippen LogP contribution >= 0.6 is 22.6 Å². The van der Waals surface area contributed by atoms with E-state index in [1.807, 2.05) is 37.3 Å². The minimum atomic E-state index is 0.0290. The van der Waals surface area contributed by atoms with E-state index >= 15 is 0 Å². The molecule has 0 heterocycles. The first-order valence-electron chi connectivity index (χ1n) is 4.16. The molecule has 13 heavy (non-hydrogen) atoms. The summed E-state index contributed by atoms with van der Waals surface area (Å²) in [5, 5.41) is 2.85. The predicted octanol–water partition coefficient (Wildman–Crippen LogP) is 2.13. The summed E-state index contributed by atoms with van der Waals surface area (Å²) in [5.41, 5.74) is 1.13. The number of halogens is 1.